The number of aromatic amines is 1. The van der Waals surface area contributed by atoms with E-state index in [1.165, 1.54) is 6.20 Å². The normalized spacial score (nSPS) is 22.0. The van der Waals surface area contributed by atoms with Gasteiger partial charge in [-0.25, -0.2) is 4.68 Å². The van der Waals surface area contributed by atoms with Gasteiger partial charge in [0.15, 0.2) is 5.65 Å². The van der Waals surface area contributed by atoms with Gasteiger partial charge in [0.05, 0.1) is 17.2 Å². The molecule has 0 aromatic carbocycles. The molecule has 1 fully saturated rings. The first-order chi connectivity index (χ1) is 10.6. The first-order valence-electron chi connectivity index (χ1n) is 7.59. The Morgan fingerprint density at radius 2 is 2.13 bits per heavy atom. The van der Waals surface area contributed by atoms with Crippen molar-refractivity contribution < 1.29 is 9.90 Å². The van der Waals surface area contributed by atoms with Gasteiger partial charge in [0, 0.05) is 13.1 Å². The molecule has 1 aliphatic rings. The standard InChI is InChI=1S/C15H21N5O3/c1-14(2,3)20-10-9(7-16-20)11(21)18-13(17-10)19-6-5-15(4,8-19)12(22)23/h7H,5-6,8H2,1-4H3,(H,22,23)(H,17,18,21). The summed E-state index contributed by atoms with van der Waals surface area (Å²) in [6, 6.07) is 0. The van der Waals surface area contributed by atoms with E-state index in [-0.39, 0.29) is 11.1 Å². The topological polar surface area (TPSA) is 104 Å². The molecule has 1 atom stereocenters. The summed E-state index contributed by atoms with van der Waals surface area (Å²) >= 11 is 0. The highest BCUT2D eigenvalue weighted by Gasteiger charge is 2.41. The Balaban J connectivity index is 2.07. The van der Waals surface area contributed by atoms with Gasteiger partial charge in [-0.15, -0.1) is 0 Å². The summed E-state index contributed by atoms with van der Waals surface area (Å²) in [6.07, 6.45) is 2.03. The summed E-state index contributed by atoms with van der Waals surface area (Å²) in [5.41, 5.74) is -0.873. The van der Waals surface area contributed by atoms with E-state index in [0.29, 0.717) is 36.5 Å². The maximum absolute atomic E-state index is 12.3. The molecule has 1 aliphatic heterocycles. The van der Waals surface area contributed by atoms with Gasteiger partial charge in [-0.3, -0.25) is 14.6 Å². The van der Waals surface area contributed by atoms with E-state index in [1.807, 2.05) is 25.7 Å². The van der Waals surface area contributed by atoms with Crippen molar-refractivity contribution in [2.75, 3.05) is 18.0 Å². The van der Waals surface area contributed by atoms with E-state index in [4.69, 9.17) is 0 Å². The van der Waals surface area contributed by atoms with Crippen LogP contribution in [0.25, 0.3) is 11.0 Å². The van der Waals surface area contributed by atoms with Crippen LogP contribution in [0.3, 0.4) is 0 Å². The molecule has 8 nitrogen and oxygen atoms in total. The number of carboxylic acid groups (broad SMARTS) is 1. The highest BCUT2D eigenvalue weighted by Crippen LogP contribution is 2.32. The molecule has 124 valence electrons. The molecule has 3 heterocycles. The number of nitrogens with one attached hydrogen (secondary N) is 1. The van der Waals surface area contributed by atoms with Gasteiger partial charge < -0.3 is 10.0 Å². The van der Waals surface area contributed by atoms with Crippen molar-refractivity contribution in [2.45, 2.75) is 39.7 Å². The van der Waals surface area contributed by atoms with Gasteiger partial charge >= 0.3 is 5.97 Å². The molecule has 2 N–H and O–H groups in total. The molecule has 2 aromatic heterocycles. The van der Waals surface area contributed by atoms with Gasteiger partial charge in [-0.1, -0.05) is 0 Å². The van der Waals surface area contributed by atoms with E-state index in [1.54, 1.807) is 11.6 Å². The zero-order valence-electron chi connectivity index (χ0n) is 13.8. The molecular formula is C15H21N5O3. The molecule has 3 rings (SSSR count). The molecule has 1 unspecified atom stereocenters. The SMILES string of the molecule is CC1(C(=O)O)CCN(c2nc3c(cnn3C(C)(C)C)c(=O)[nH]2)C1. The summed E-state index contributed by atoms with van der Waals surface area (Å²) < 4.78 is 1.72. The lowest BCUT2D eigenvalue weighted by Crippen LogP contribution is -2.33. The minimum atomic E-state index is -0.830. The Kier molecular flexibility index (Phi) is 3.24. The Morgan fingerprint density at radius 3 is 2.70 bits per heavy atom. The number of anilines is 1. The third kappa shape index (κ3) is 2.47. The zero-order valence-corrected chi connectivity index (χ0v) is 13.8. The van der Waals surface area contributed by atoms with E-state index >= 15 is 0 Å². The van der Waals surface area contributed by atoms with Crippen LogP contribution in [0.1, 0.15) is 34.1 Å². The molecule has 0 radical (unpaired) electrons. The van der Waals surface area contributed by atoms with Crippen LogP contribution < -0.4 is 10.5 Å². The monoisotopic (exact) mass is 319 g/mol. The lowest BCUT2D eigenvalue weighted by atomic mass is 9.90. The smallest absolute Gasteiger partial charge is 0.311 e. The minimum absolute atomic E-state index is 0.260. The van der Waals surface area contributed by atoms with Crippen LogP contribution in [0.4, 0.5) is 5.95 Å². The zero-order chi connectivity index (χ0) is 17.0. The van der Waals surface area contributed by atoms with Crippen LogP contribution in [-0.4, -0.2) is 43.9 Å². The number of aromatic nitrogens is 4. The van der Waals surface area contributed by atoms with E-state index in [9.17, 15) is 14.7 Å². The number of carbonyl (C=O) groups is 1. The Bertz CT molecular complexity index is 832. The van der Waals surface area contributed by atoms with Crippen LogP contribution in [-0.2, 0) is 10.3 Å². The average Bonchev–Trinajstić information content (AvgIpc) is 3.02. The number of aliphatic carboxylic acids is 1. The van der Waals surface area contributed by atoms with Crippen molar-refractivity contribution in [3.63, 3.8) is 0 Å². The molecule has 0 saturated carbocycles. The number of hydrogen-bond donors (Lipinski definition) is 2. The quantitative estimate of drug-likeness (QED) is 0.861. The minimum Gasteiger partial charge on any atom is -0.481 e. The highest BCUT2D eigenvalue weighted by atomic mass is 16.4. The highest BCUT2D eigenvalue weighted by molar-refractivity contribution is 5.77. The van der Waals surface area contributed by atoms with Crippen LogP contribution in [0, 0.1) is 5.41 Å². The average molecular weight is 319 g/mol. The van der Waals surface area contributed by atoms with Crippen molar-refractivity contribution in [3.8, 4) is 0 Å². The first-order valence-corrected chi connectivity index (χ1v) is 7.59. The second-order valence-corrected chi connectivity index (χ2v) is 7.39. The van der Waals surface area contributed by atoms with E-state index < -0.39 is 11.4 Å². The number of rotatable bonds is 2. The number of carboxylic acids is 1. The molecule has 2 aromatic rings. The van der Waals surface area contributed by atoms with Crippen molar-refractivity contribution in [3.05, 3.63) is 16.6 Å². The lowest BCUT2D eigenvalue weighted by Gasteiger charge is -2.22. The number of nitrogens with zero attached hydrogens (tertiary/aromatic N) is 4. The molecule has 0 spiro atoms. The predicted molar refractivity (Wildman–Crippen MR) is 85.7 cm³/mol. The van der Waals surface area contributed by atoms with Gasteiger partial charge in [-0.2, -0.15) is 10.1 Å². The Hall–Kier alpha value is -2.38. The summed E-state index contributed by atoms with van der Waals surface area (Å²) in [6.45, 7) is 8.53. The maximum Gasteiger partial charge on any atom is 0.311 e. The molecule has 0 amide bonds. The second-order valence-electron chi connectivity index (χ2n) is 7.39. The maximum atomic E-state index is 12.3. The Morgan fingerprint density at radius 1 is 1.43 bits per heavy atom. The molecule has 23 heavy (non-hydrogen) atoms. The number of fused-ring (bicyclic) bond motifs is 1. The van der Waals surface area contributed by atoms with Crippen LogP contribution in [0.2, 0.25) is 0 Å². The third-order valence-corrected chi connectivity index (χ3v) is 4.35. The second kappa shape index (κ2) is 4.81. The summed E-state index contributed by atoms with van der Waals surface area (Å²) in [4.78, 5) is 32.8. The summed E-state index contributed by atoms with van der Waals surface area (Å²) in [5.74, 6) is -0.429. The lowest BCUT2D eigenvalue weighted by molar-refractivity contribution is -0.146. The molecule has 0 aliphatic carbocycles. The number of hydrogen-bond acceptors (Lipinski definition) is 5. The van der Waals surface area contributed by atoms with Crippen LogP contribution in [0.15, 0.2) is 11.0 Å². The number of H-pyrrole nitrogens is 1. The van der Waals surface area contributed by atoms with Crippen molar-refractivity contribution >= 4 is 23.0 Å². The van der Waals surface area contributed by atoms with Crippen LogP contribution >= 0.6 is 0 Å². The largest absolute Gasteiger partial charge is 0.481 e. The van der Waals surface area contributed by atoms with Gasteiger partial charge in [0.2, 0.25) is 5.95 Å². The third-order valence-electron chi connectivity index (χ3n) is 4.35. The van der Waals surface area contributed by atoms with E-state index in [0.717, 1.165) is 0 Å². The first kappa shape index (κ1) is 15.5. The van der Waals surface area contributed by atoms with Crippen LogP contribution in [0.5, 0.6) is 0 Å². The molecule has 1 saturated heterocycles. The van der Waals surface area contributed by atoms with Gasteiger partial charge in [0.25, 0.3) is 5.56 Å². The fourth-order valence-electron chi connectivity index (χ4n) is 2.86. The fraction of sp³-hybridized carbons (Fsp3) is 0.600. The molecular weight excluding hydrogens is 298 g/mol. The van der Waals surface area contributed by atoms with E-state index in [2.05, 4.69) is 15.1 Å². The van der Waals surface area contributed by atoms with Crippen molar-refractivity contribution in [1.29, 1.82) is 0 Å². The summed E-state index contributed by atoms with van der Waals surface area (Å²) in [7, 11) is 0. The summed E-state index contributed by atoms with van der Waals surface area (Å²) in [5, 5.41) is 14.1. The molecule has 8 heteroatoms. The van der Waals surface area contributed by atoms with Crippen molar-refractivity contribution in [2.24, 2.45) is 5.41 Å². The Labute approximate surface area is 133 Å². The van der Waals surface area contributed by atoms with Gasteiger partial charge in [0.1, 0.15) is 5.39 Å². The predicted octanol–water partition coefficient (Wildman–Crippen LogP) is 1.18. The fourth-order valence-corrected chi connectivity index (χ4v) is 2.86. The van der Waals surface area contributed by atoms with Gasteiger partial charge in [-0.05, 0) is 34.1 Å². The molecule has 0 bridgehead atoms. The van der Waals surface area contributed by atoms with Crippen molar-refractivity contribution in [1.82, 2.24) is 19.7 Å².